The summed E-state index contributed by atoms with van der Waals surface area (Å²) in [5, 5.41) is 11.8. The molecule has 0 bridgehead atoms. The first kappa shape index (κ1) is 14.4. The third-order valence-electron chi connectivity index (χ3n) is 3.64. The highest BCUT2D eigenvalue weighted by atomic mass is 19.1. The van der Waals surface area contributed by atoms with Crippen molar-refractivity contribution in [2.24, 2.45) is 5.92 Å². The van der Waals surface area contributed by atoms with Gasteiger partial charge in [-0.3, -0.25) is 9.78 Å². The summed E-state index contributed by atoms with van der Waals surface area (Å²) in [4.78, 5) is 26.9. The number of amides is 1. The standard InChI is InChI=1S/C14H17FN2O3/c15-11-6-10(7-16-8-11)13(18)17-12(14(19)20)9-4-2-1-3-5-9/h6-9,12H,1-5H2,(H,17,18)(H,19,20). The number of aromatic nitrogens is 1. The van der Waals surface area contributed by atoms with Gasteiger partial charge in [-0.2, -0.15) is 0 Å². The molecule has 1 amide bonds. The molecule has 1 saturated carbocycles. The van der Waals surface area contributed by atoms with Crippen molar-refractivity contribution in [2.45, 2.75) is 38.1 Å². The van der Waals surface area contributed by atoms with E-state index in [9.17, 15) is 19.1 Å². The fourth-order valence-electron chi connectivity index (χ4n) is 2.61. The molecule has 6 heteroatoms. The monoisotopic (exact) mass is 280 g/mol. The number of pyridine rings is 1. The first-order valence-corrected chi connectivity index (χ1v) is 6.72. The Morgan fingerprint density at radius 3 is 2.60 bits per heavy atom. The van der Waals surface area contributed by atoms with Crippen LogP contribution in [0.3, 0.4) is 0 Å². The largest absolute Gasteiger partial charge is 0.480 e. The molecule has 1 unspecified atom stereocenters. The summed E-state index contributed by atoms with van der Waals surface area (Å²) >= 11 is 0. The molecule has 1 aliphatic rings. The number of aliphatic carboxylic acids is 1. The van der Waals surface area contributed by atoms with Crippen LogP contribution in [0.1, 0.15) is 42.5 Å². The van der Waals surface area contributed by atoms with Crippen LogP contribution in [-0.4, -0.2) is 28.0 Å². The maximum absolute atomic E-state index is 13.0. The number of carbonyl (C=O) groups is 2. The van der Waals surface area contributed by atoms with Crippen LogP contribution in [-0.2, 0) is 4.79 Å². The molecule has 1 aromatic heterocycles. The average molecular weight is 280 g/mol. The Hall–Kier alpha value is -1.98. The molecule has 2 rings (SSSR count). The highest BCUT2D eigenvalue weighted by molar-refractivity contribution is 5.96. The lowest BCUT2D eigenvalue weighted by Gasteiger charge is -2.28. The van der Waals surface area contributed by atoms with Gasteiger partial charge in [0.25, 0.3) is 5.91 Å². The molecule has 0 aliphatic heterocycles. The first-order valence-electron chi connectivity index (χ1n) is 6.72. The van der Waals surface area contributed by atoms with Gasteiger partial charge >= 0.3 is 5.97 Å². The van der Waals surface area contributed by atoms with Gasteiger partial charge in [-0.1, -0.05) is 19.3 Å². The predicted molar refractivity (Wildman–Crippen MR) is 69.7 cm³/mol. The van der Waals surface area contributed by atoms with Gasteiger partial charge in [0.05, 0.1) is 11.8 Å². The van der Waals surface area contributed by atoms with Crippen molar-refractivity contribution in [3.8, 4) is 0 Å². The number of nitrogens with one attached hydrogen (secondary N) is 1. The first-order chi connectivity index (χ1) is 9.58. The molecule has 108 valence electrons. The summed E-state index contributed by atoms with van der Waals surface area (Å²) in [6.07, 6.45) is 6.85. The van der Waals surface area contributed by atoms with E-state index in [1.54, 1.807) is 0 Å². The predicted octanol–water partition coefficient (Wildman–Crippen LogP) is 1.98. The van der Waals surface area contributed by atoms with Crippen molar-refractivity contribution in [3.63, 3.8) is 0 Å². The van der Waals surface area contributed by atoms with E-state index in [1.165, 1.54) is 6.20 Å². The van der Waals surface area contributed by atoms with Gasteiger partial charge in [-0.15, -0.1) is 0 Å². The molecule has 0 saturated heterocycles. The maximum atomic E-state index is 13.0. The van der Waals surface area contributed by atoms with Crippen LogP contribution in [0.15, 0.2) is 18.5 Å². The number of halogens is 1. The molecular weight excluding hydrogens is 263 g/mol. The van der Waals surface area contributed by atoms with Crippen molar-refractivity contribution >= 4 is 11.9 Å². The second-order valence-corrected chi connectivity index (χ2v) is 5.08. The Kier molecular flexibility index (Phi) is 4.65. The molecule has 1 aliphatic carbocycles. The molecular formula is C14H17FN2O3. The Bertz CT molecular complexity index is 501. The van der Waals surface area contributed by atoms with E-state index >= 15 is 0 Å². The van der Waals surface area contributed by atoms with Crippen LogP contribution in [0.25, 0.3) is 0 Å². The lowest BCUT2D eigenvalue weighted by Crippen LogP contribution is -2.46. The van der Waals surface area contributed by atoms with Gasteiger partial charge in [0.1, 0.15) is 11.9 Å². The van der Waals surface area contributed by atoms with Crippen LogP contribution < -0.4 is 5.32 Å². The second kappa shape index (κ2) is 6.45. The van der Waals surface area contributed by atoms with Crippen molar-refractivity contribution in [2.75, 3.05) is 0 Å². The van der Waals surface area contributed by atoms with E-state index < -0.39 is 23.7 Å². The van der Waals surface area contributed by atoms with E-state index in [-0.39, 0.29) is 11.5 Å². The molecule has 0 spiro atoms. The SMILES string of the molecule is O=C(NC(C(=O)O)C1CCCCC1)c1cncc(F)c1. The molecule has 0 aromatic carbocycles. The normalized spacial score (nSPS) is 17.4. The molecule has 1 fully saturated rings. The number of carbonyl (C=O) groups excluding carboxylic acids is 1. The third kappa shape index (κ3) is 3.53. The van der Waals surface area contributed by atoms with Crippen LogP contribution >= 0.6 is 0 Å². The summed E-state index contributed by atoms with van der Waals surface area (Å²) in [5.41, 5.74) is 0.0343. The Morgan fingerprint density at radius 2 is 2.00 bits per heavy atom. The topological polar surface area (TPSA) is 79.3 Å². The number of carboxylic acids is 1. The molecule has 1 aromatic rings. The van der Waals surface area contributed by atoms with Crippen LogP contribution in [0.5, 0.6) is 0 Å². The van der Waals surface area contributed by atoms with Crippen molar-refractivity contribution in [1.82, 2.24) is 10.3 Å². The van der Waals surface area contributed by atoms with E-state index in [2.05, 4.69) is 10.3 Å². The van der Waals surface area contributed by atoms with Gasteiger partial charge in [0, 0.05) is 6.20 Å². The van der Waals surface area contributed by atoms with E-state index in [0.717, 1.165) is 44.4 Å². The zero-order chi connectivity index (χ0) is 14.5. The fraction of sp³-hybridized carbons (Fsp3) is 0.500. The van der Waals surface area contributed by atoms with Crippen LogP contribution in [0.4, 0.5) is 4.39 Å². The highest BCUT2D eigenvalue weighted by Gasteiger charge is 2.31. The quantitative estimate of drug-likeness (QED) is 0.884. The highest BCUT2D eigenvalue weighted by Crippen LogP contribution is 2.26. The molecule has 20 heavy (non-hydrogen) atoms. The van der Waals surface area contributed by atoms with Crippen molar-refractivity contribution in [3.05, 3.63) is 29.8 Å². The molecule has 5 nitrogen and oxygen atoms in total. The average Bonchev–Trinajstić information content (AvgIpc) is 2.45. The maximum Gasteiger partial charge on any atom is 0.326 e. The third-order valence-corrected chi connectivity index (χ3v) is 3.64. The lowest BCUT2D eigenvalue weighted by molar-refractivity contribution is -0.141. The van der Waals surface area contributed by atoms with Gasteiger partial charge in [-0.05, 0) is 24.8 Å². The Balaban J connectivity index is 2.07. The summed E-state index contributed by atoms with van der Waals surface area (Å²) < 4.78 is 13.0. The number of hydrogen-bond acceptors (Lipinski definition) is 3. The minimum Gasteiger partial charge on any atom is -0.480 e. The Morgan fingerprint density at radius 1 is 1.30 bits per heavy atom. The van der Waals surface area contributed by atoms with Crippen LogP contribution in [0.2, 0.25) is 0 Å². The molecule has 2 N–H and O–H groups in total. The van der Waals surface area contributed by atoms with Gasteiger partial charge in [0.2, 0.25) is 0 Å². The Labute approximate surface area is 116 Å². The zero-order valence-corrected chi connectivity index (χ0v) is 11.0. The summed E-state index contributed by atoms with van der Waals surface area (Å²) in [6.45, 7) is 0. The van der Waals surface area contributed by atoms with E-state index in [4.69, 9.17) is 0 Å². The minimum atomic E-state index is -1.05. The molecule has 1 heterocycles. The second-order valence-electron chi connectivity index (χ2n) is 5.08. The smallest absolute Gasteiger partial charge is 0.326 e. The van der Waals surface area contributed by atoms with E-state index in [0.29, 0.717) is 0 Å². The number of nitrogens with zero attached hydrogens (tertiary/aromatic N) is 1. The fourth-order valence-corrected chi connectivity index (χ4v) is 2.61. The summed E-state index contributed by atoms with van der Waals surface area (Å²) in [7, 11) is 0. The molecule has 1 atom stereocenters. The van der Waals surface area contributed by atoms with Crippen molar-refractivity contribution < 1.29 is 19.1 Å². The number of carboxylic acid groups (broad SMARTS) is 1. The van der Waals surface area contributed by atoms with E-state index in [1.807, 2.05) is 0 Å². The summed E-state index contributed by atoms with van der Waals surface area (Å²) in [5.74, 6) is -2.33. The summed E-state index contributed by atoms with van der Waals surface area (Å²) in [6, 6.07) is 0.119. The zero-order valence-electron chi connectivity index (χ0n) is 11.0. The van der Waals surface area contributed by atoms with Crippen molar-refractivity contribution in [1.29, 1.82) is 0 Å². The molecule has 0 radical (unpaired) electrons. The van der Waals surface area contributed by atoms with Crippen LogP contribution in [0, 0.1) is 11.7 Å². The number of hydrogen-bond donors (Lipinski definition) is 2. The minimum absolute atomic E-state index is 0.0343. The lowest BCUT2D eigenvalue weighted by atomic mass is 9.84. The van der Waals surface area contributed by atoms with Gasteiger partial charge < -0.3 is 10.4 Å². The van der Waals surface area contributed by atoms with Gasteiger partial charge in [0.15, 0.2) is 0 Å². The number of rotatable bonds is 4. The van der Waals surface area contributed by atoms with Gasteiger partial charge in [-0.25, -0.2) is 9.18 Å².